The third-order valence-corrected chi connectivity index (χ3v) is 4.44. The SMILES string of the molecule is C[C@H]1CCCN(Cc2ccc(NCc3ccc(CO)o3)cc2)C1. The number of hydrogen-bond donors (Lipinski definition) is 2. The Hall–Kier alpha value is -1.78. The number of nitrogens with one attached hydrogen (secondary N) is 1. The first-order valence-corrected chi connectivity index (χ1v) is 8.46. The summed E-state index contributed by atoms with van der Waals surface area (Å²) in [5, 5.41) is 12.3. The van der Waals surface area contributed by atoms with Crippen molar-refractivity contribution in [2.75, 3.05) is 18.4 Å². The number of likely N-dealkylation sites (tertiary alicyclic amines) is 1. The lowest BCUT2D eigenvalue weighted by molar-refractivity contribution is 0.176. The van der Waals surface area contributed by atoms with Crippen LogP contribution in [0.25, 0.3) is 0 Å². The van der Waals surface area contributed by atoms with Gasteiger partial charge in [-0.2, -0.15) is 0 Å². The van der Waals surface area contributed by atoms with Crippen LogP contribution in [-0.4, -0.2) is 23.1 Å². The number of hydrogen-bond acceptors (Lipinski definition) is 4. The largest absolute Gasteiger partial charge is 0.462 e. The molecule has 4 heteroatoms. The maximum absolute atomic E-state index is 9.00. The standard InChI is InChI=1S/C19H26N2O2/c1-15-3-2-10-21(12-15)13-16-4-6-17(7-5-16)20-11-18-8-9-19(14-22)23-18/h4-9,15,20,22H,2-3,10-14H2,1H3/t15-/m0/s1. The number of furan rings is 1. The molecule has 0 amide bonds. The highest BCUT2D eigenvalue weighted by molar-refractivity contribution is 5.44. The van der Waals surface area contributed by atoms with E-state index in [2.05, 4.69) is 41.4 Å². The Labute approximate surface area is 138 Å². The van der Waals surface area contributed by atoms with Gasteiger partial charge in [-0.1, -0.05) is 19.1 Å². The summed E-state index contributed by atoms with van der Waals surface area (Å²) in [7, 11) is 0. The van der Waals surface area contributed by atoms with Gasteiger partial charge in [-0.15, -0.1) is 0 Å². The molecule has 1 fully saturated rings. The quantitative estimate of drug-likeness (QED) is 0.855. The van der Waals surface area contributed by atoms with Gasteiger partial charge in [0.2, 0.25) is 0 Å². The van der Waals surface area contributed by atoms with Gasteiger partial charge >= 0.3 is 0 Å². The van der Waals surface area contributed by atoms with Crippen molar-refractivity contribution in [3.05, 3.63) is 53.5 Å². The van der Waals surface area contributed by atoms with Gasteiger partial charge < -0.3 is 14.8 Å². The summed E-state index contributed by atoms with van der Waals surface area (Å²) in [6, 6.07) is 12.3. The molecule has 1 aliphatic rings. The fourth-order valence-corrected chi connectivity index (χ4v) is 3.21. The second-order valence-electron chi connectivity index (χ2n) is 6.56. The van der Waals surface area contributed by atoms with E-state index in [9.17, 15) is 0 Å². The zero-order chi connectivity index (χ0) is 16.1. The van der Waals surface area contributed by atoms with Crippen molar-refractivity contribution in [3.63, 3.8) is 0 Å². The summed E-state index contributed by atoms with van der Waals surface area (Å²) in [6.45, 7) is 6.40. The minimum Gasteiger partial charge on any atom is -0.462 e. The zero-order valence-corrected chi connectivity index (χ0v) is 13.8. The fourth-order valence-electron chi connectivity index (χ4n) is 3.21. The number of benzene rings is 1. The normalized spacial score (nSPS) is 19.0. The molecule has 2 aromatic rings. The Balaban J connectivity index is 1.50. The van der Waals surface area contributed by atoms with Crippen LogP contribution >= 0.6 is 0 Å². The lowest BCUT2D eigenvalue weighted by Gasteiger charge is -2.30. The molecule has 1 atom stereocenters. The number of anilines is 1. The molecule has 23 heavy (non-hydrogen) atoms. The van der Waals surface area contributed by atoms with Crippen molar-refractivity contribution >= 4 is 5.69 Å². The Morgan fingerprint density at radius 2 is 1.96 bits per heavy atom. The summed E-state index contributed by atoms with van der Waals surface area (Å²) in [5.74, 6) is 2.26. The van der Waals surface area contributed by atoms with E-state index in [1.807, 2.05) is 6.07 Å². The van der Waals surface area contributed by atoms with E-state index in [4.69, 9.17) is 9.52 Å². The van der Waals surface area contributed by atoms with Crippen LogP contribution in [0.2, 0.25) is 0 Å². The summed E-state index contributed by atoms with van der Waals surface area (Å²) in [5.41, 5.74) is 2.45. The van der Waals surface area contributed by atoms with Crippen molar-refractivity contribution in [1.29, 1.82) is 0 Å². The van der Waals surface area contributed by atoms with Crippen LogP contribution in [0.1, 0.15) is 36.8 Å². The van der Waals surface area contributed by atoms with Crippen LogP contribution in [0.5, 0.6) is 0 Å². The van der Waals surface area contributed by atoms with Crippen molar-refractivity contribution in [1.82, 2.24) is 4.90 Å². The third-order valence-electron chi connectivity index (χ3n) is 4.44. The molecule has 1 saturated heterocycles. The topological polar surface area (TPSA) is 48.6 Å². The van der Waals surface area contributed by atoms with E-state index in [-0.39, 0.29) is 6.61 Å². The van der Waals surface area contributed by atoms with E-state index in [0.717, 1.165) is 23.9 Å². The molecule has 0 saturated carbocycles. The van der Waals surface area contributed by atoms with Crippen molar-refractivity contribution in [2.45, 2.75) is 39.5 Å². The maximum Gasteiger partial charge on any atom is 0.129 e. The molecule has 0 aliphatic carbocycles. The molecule has 2 N–H and O–H groups in total. The minimum atomic E-state index is -0.0518. The molecule has 124 valence electrons. The molecule has 3 rings (SSSR count). The molecule has 2 heterocycles. The van der Waals surface area contributed by atoms with Gasteiger partial charge in [-0.25, -0.2) is 0 Å². The summed E-state index contributed by atoms with van der Waals surface area (Å²) < 4.78 is 5.47. The van der Waals surface area contributed by atoms with Crippen molar-refractivity contribution < 1.29 is 9.52 Å². The number of aliphatic hydroxyl groups is 1. The first-order valence-electron chi connectivity index (χ1n) is 8.46. The molecule has 1 aromatic heterocycles. The lowest BCUT2D eigenvalue weighted by atomic mass is 10.00. The average Bonchev–Trinajstić information content (AvgIpc) is 3.02. The van der Waals surface area contributed by atoms with E-state index in [0.29, 0.717) is 12.3 Å². The highest BCUT2D eigenvalue weighted by Crippen LogP contribution is 2.19. The Morgan fingerprint density at radius 3 is 2.65 bits per heavy atom. The molecular weight excluding hydrogens is 288 g/mol. The van der Waals surface area contributed by atoms with E-state index < -0.39 is 0 Å². The van der Waals surface area contributed by atoms with Crippen LogP contribution in [0.4, 0.5) is 5.69 Å². The molecule has 1 aliphatic heterocycles. The molecular formula is C19H26N2O2. The number of piperidine rings is 1. The molecule has 1 aromatic carbocycles. The average molecular weight is 314 g/mol. The van der Waals surface area contributed by atoms with Crippen LogP contribution in [0.15, 0.2) is 40.8 Å². The van der Waals surface area contributed by atoms with Gasteiger partial charge in [0, 0.05) is 18.8 Å². The fraction of sp³-hybridized carbons (Fsp3) is 0.474. The van der Waals surface area contributed by atoms with Gasteiger partial charge in [0.05, 0.1) is 6.54 Å². The molecule has 0 unspecified atom stereocenters. The van der Waals surface area contributed by atoms with Crippen LogP contribution in [-0.2, 0) is 19.7 Å². The first kappa shape index (κ1) is 16.1. The van der Waals surface area contributed by atoms with Gasteiger partial charge in [-0.05, 0) is 55.1 Å². The van der Waals surface area contributed by atoms with E-state index >= 15 is 0 Å². The van der Waals surface area contributed by atoms with Gasteiger partial charge in [0.15, 0.2) is 0 Å². The van der Waals surface area contributed by atoms with Gasteiger partial charge in [-0.3, -0.25) is 4.90 Å². The predicted molar refractivity (Wildman–Crippen MR) is 92.1 cm³/mol. The Bertz CT molecular complexity index is 606. The molecule has 0 radical (unpaired) electrons. The second-order valence-corrected chi connectivity index (χ2v) is 6.56. The lowest BCUT2D eigenvalue weighted by Crippen LogP contribution is -2.33. The first-order chi connectivity index (χ1) is 11.2. The zero-order valence-electron chi connectivity index (χ0n) is 13.8. The van der Waals surface area contributed by atoms with Gasteiger partial charge in [0.25, 0.3) is 0 Å². The van der Waals surface area contributed by atoms with E-state index in [1.165, 1.54) is 31.5 Å². The summed E-state index contributed by atoms with van der Waals surface area (Å²) in [4.78, 5) is 2.55. The van der Waals surface area contributed by atoms with Crippen LogP contribution < -0.4 is 5.32 Å². The minimum absolute atomic E-state index is 0.0518. The van der Waals surface area contributed by atoms with Crippen LogP contribution in [0, 0.1) is 5.92 Å². The highest BCUT2D eigenvalue weighted by Gasteiger charge is 2.16. The number of aliphatic hydroxyl groups excluding tert-OH is 1. The summed E-state index contributed by atoms with van der Waals surface area (Å²) >= 11 is 0. The molecule has 0 spiro atoms. The van der Waals surface area contributed by atoms with E-state index in [1.54, 1.807) is 6.07 Å². The third kappa shape index (κ3) is 4.60. The predicted octanol–water partition coefficient (Wildman–Crippen LogP) is 3.62. The summed E-state index contributed by atoms with van der Waals surface area (Å²) in [6.07, 6.45) is 2.68. The Kier molecular flexibility index (Phi) is 5.36. The Morgan fingerprint density at radius 1 is 1.17 bits per heavy atom. The second kappa shape index (κ2) is 7.66. The number of nitrogens with zero attached hydrogens (tertiary/aromatic N) is 1. The van der Waals surface area contributed by atoms with Gasteiger partial charge in [0.1, 0.15) is 18.1 Å². The maximum atomic E-state index is 9.00. The number of rotatable bonds is 6. The van der Waals surface area contributed by atoms with Crippen LogP contribution in [0.3, 0.4) is 0 Å². The molecule has 0 bridgehead atoms. The molecule has 4 nitrogen and oxygen atoms in total. The smallest absolute Gasteiger partial charge is 0.129 e. The monoisotopic (exact) mass is 314 g/mol. The van der Waals surface area contributed by atoms with Crippen molar-refractivity contribution in [3.8, 4) is 0 Å². The van der Waals surface area contributed by atoms with Crippen molar-refractivity contribution in [2.24, 2.45) is 5.92 Å². The highest BCUT2D eigenvalue weighted by atomic mass is 16.4.